The zero-order valence-electron chi connectivity index (χ0n) is 10.9. The Hall–Kier alpha value is -2.43. The zero-order valence-corrected chi connectivity index (χ0v) is 10.9. The fourth-order valence-corrected chi connectivity index (χ4v) is 1.33. The fraction of sp³-hybridized carbons (Fsp3) is 0.545. The van der Waals surface area contributed by atoms with Crippen molar-refractivity contribution in [3.8, 4) is 6.07 Å². The summed E-state index contributed by atoms with van der Waals surface area (Å²) < 4.78 is 5.88. The average molecular weight is 265 g/mol. The van der Waals surface area contributed by atoms with Crippen LogP contribution >= 0.6 is 0 Å². The Morgan fingerprint density at radius 1 is 1.58 bits per heavy atom. The number of rotatable bonds is 6. The minimum atomic E-state index is -0.615. The van der Waals surface area contributed by atoms with E-state index in [0.717, 1.165) is 0 Å². The molecule has 0 aromatic carbocycles. The zero-order chi connectivity index (χ0) is 14.3. The smallest absolute Gasteiger partial charge is 0.377 e. The van der Waals surface area contributed by atoms with E-state index < -0.39 is 5.97 Å². The molecule has 8 heteroatoms. The number of nitriles is 1. The lowest BCUT2D eigenvalue weighted by Crippen LogP contribution is -2.28. The second-order valence-electron chi connectivity index (χ2n) is 3.80. The van der Waals surface area contributed by atoms with E-state index in [9.17, 15) is 9.59 Å². The van der Waals surface area contributed by atoms with Crippen LogP contribution < -0.4 is 0 Å². The molecule has 0 bridgehead atoms. The Morgan fingerprint density at radius 3 is 2.95 bits per heavy atom. The van der Waals surface area contributed by atoms with Crippen molar-refractivity contribution in [3.63, 3.8) is 0 Å². The van der Waals surface area contributed by atoms with Gasteiger partial charge >= 0.3 is 5.97 Å². The molecule has 1 aromatic rings. The van der Waals surface area contributed by atoms with Gasteiger partial charge in [0.15, 0.2) is 0 Å². The second-order valence-corrected chi connectivity index (χ2v) is 3.80. The first-order valence-corrected chi connectivity index (χ1v) is 5.67. The molecule has 1 rings (SSSR count). The van der Waals surface area contributed by atoms with E-state index in [1.54, 1.807) is 7.05 Å². The third kappa shape index (κ3) is 4.39. The standard InChI is InChI=1S/C11H15N5O3/c1-15(6-3-5-12)9(17)4-7-16-8-13-10(14-16)11(18)19-2/h8H,3-4,6-7H2,1-2H3. The lowest BCUT2D eigenvalue weighted by molar-refractivity contribution is -0.130. The number of amides is 1. The summed E-state index contributed by atoms with van der Waals surface area (Å²) in [5, 5.41) is 12.3. The first-order chi connectivity index (χ1) is 9.08. The molecule has 0 aliphatic heterocycles. The monoisotopic (exact) mass is 265 g/mol. The molecular weight excluding hydrogens is 250 g/mol. The summed E-state index contributed by atoms with van der Waals surface area (Å²) in [5.74, 6) is -0.741. The second kappa shape index (κ2) is 7.10. The van der Waals surface area contributed by atoms with Gasteiger partial charge in [-0.25, -0.2) is 9.78 Å². The largest absolute Gasteiger partial charge is 0.463 e. The minimum Gasteiger partial charge on any atom is -0.463 e. The highest BCUT2D eigenvalue weighted by atomic mass is 16.5. The van der Waals surface area contributed by atoms with Crippen LogP contribution in [0.1, 0.15) is 23.5 Å². The topological polar surface area (TPSA) is 101 Å². The number of nitrogens with zero attached hydrogens (tertiary/aromatic N) is 5. The molecule has 0 saturated carbocycles. The third-order valence-electron chi connectivity index (χ3n) is 2.44. The third-order valence-corrected chi connectivity index (χ3v) is 2.44. The molecule has 0 unspecified atom stereocenters. The lowest BCUT2D eigenvalue weighted by atomic mass is 10.3. The number of carbonyl (C=O) groups excluding carboxylic acids is 2. The maximum Gasteiger partial charge on any atom is 0.377 e. The van der Waals surface area contributed by atoms with Crippen molar-refractivity contribution >= 4 is 11.9 Å². The number of aryl methyl sites for hydroxylation is 1. The van der Waals surface area contributed by atoms with Crippen LogP contribution in [0, 0.1) is 11.3 Å². The molecule has 19 heavy (non-hydrogen) atoms. The highest BCUT2D eigenvalue weighted by molar-refractivity contribution is 5.84. The van der Waals surface area contributed by atoms with Crippen molar-refractivity contribution in [2.45, 2.75) is 19.4 Å². The highest BCUT2D eigenvalue weighted by Gasteiger charge is 2.13. The van der Waals surface area contributed by atoms with E-state index >= 15 is 0 Å². The number of hydrogen-bond donors (Lipinski definition) is 0. The van der Waals surface area contributed by atoms with Crippen molar-refractivity contribution in [2.24, 2.45) is 0 Å². The number of aromatic nitrogens is 3. The van der Waals surface area contributed by atoms with Crippen molar-refractivity contribution in [2.75, 3.05) is 20.7 Å². The molecular formula is C11H15N5O3. The fourth-order valence-electron chi connectivity index (χ4n) is 1.33. The van der Waals surface area contributed by atoms with Crippen LogP contribution in [0.15, 0.2) is 6.33 Å². The normalized spacial score (nSPS) is 9.74. The van der Waals surface area contributed by atoms with Gasteiger partial charge in [0.25, 0.3) is 5.82 Å². The Labute approximate surface area is 110 Å². The SMILES string of the molecule is COC(=O)c1ncn(CCC(=O)N(C)CCC#N)n1. The Morgan fingerprint density at radius 2 is 2.32 bits per heavy atom. The molecule has 102 valence electrons. The van der Waals surface area contributed by atoms with Gasteiger partial charge in [-0.15, -0.1) is 5.10 Å². The molecule has 0 radical (unpaired) electrons. The minimum absolute atomic E-state index is 0.0345. The average Bonchev–Trinajstić information content (AvgIpc) is 2.89. The maximum absolute atomic E-state index is 11.7. The summed E-state index contributed by atoms with van der Waals surface area (Å²) in [6.45, 7) is 0.722. The molecule has 0 saturated heterocycles. The lowest BCUT2D eigenvalue weighted by Gasteiger charge is -2.14. The van der Waals surface area contributed by atoms with Crippen LogP contribution in [0.4, 0.5) is 0 Å². The van der Waals surface area contributed by atoms with Gasteiger partial charge in [-0.2, -0.15) is 5.26 Å². The molecule has 1 amide bonds. The Bertz CT molecular complexity index is 491. The predicted octanol–water partition coefficient (Wildman–Crippen LogP) is -0.173. The molecule has 0 aliphatic carbocycles. The van der Waals surface area contributed by atoms with E-state index in [2.05, 4.69) is 14.8 Å². The summed E-state index contributed by atoms with van der Waals surface area (Å²) in [7, 11) is 2.89. The summed E-state index contributed by atoms with van der Waals surface area (Å²) in [4.78, 5) is 28.1. The van der Waals surface area contributed by atoms with Gasteiger partial charge in [0.2, 0.25) is 5.91 Å². The van der Waals surface area contributed by atoms with Crippen LogP contribution in [0.25, 0.3) is 0 Å². The summed E-state index contributed by atoms with van der Waals surface area (Å²) in [5.41, 5.74) is 0. The molecule has 0 spiro atoms. The molecule has 0 fully saturated rings. The van der Waals surface area contributed by atoms with Crippen LogP contribution in [0.3, 0.4) is 0 Å². The van der Waals surface area contributed by atoms with Gasteiger partial charge in [-0.1, -0.05) is 0 Å². The van der Waals surface area contributed by atoms with Crippen molar-refractivity contribution in [1.29, 1.82) is 5.26 Å². The van der Waals surface area contributed by atoms with Gasteiger partial charge in [0.1, 0.15) is 6.33 Å². The Balaban J connectivity index is 2.44. The van der Waals surface area contributed by atoms with Crippen LogP contribution in [0.5, 0.6) is 0 Å². The van der Waals surface area contributed by atoms with E-state index in [0.29, 0.717) is 19.5 Å². The first kappa shape index (κ1) is 14.6. The van der Waals surface area contributed by atoms with Gasteiger partial charge in [0.05, 0.1) is 26.1 Å². The van der Waals surface area contributed by atoms with Crippen LogP contribution in [-0.4, -0.2) is 52.2 Å². The van der Waals surface area contributed by atoms with E-state index in [4.69, 9.17) is 5.26 Å². The number of methoxy groups -OCH3 is 1. The summed E-state index contributed by atoms with van der Waals surface area (Å²) >= 11 is 0. The van der Waals surface area contributed by atoms with Crippen molar-refractivity contribution in [3.05, 3.63) is 12.2 Å². The molecule has 8 nitrogen and oxygen atoms in total. The van der Waals surface area contributed by atoms with Gasteiger partial charge in [0, 0.05) is 20.0 Å². The Kier molecular flexibility index (Phi) is 5.47. The number of ether oxygens (including phenoxy) is 1. The van der Waals surface area contributed by atoms with Crippen LogP contribution in [0.2, 0.25) is 0 Å². The molecule has 0 N–H and O–H groups in total. The van der Waals surface area contributed by atoms with Crippen LogP contribution in [-0.2, 0) is 16.1 Å². The predicted molar refractivity (Wildman–Crippen MR) is 63.8 cm³/mol. The van der Waals surface area contributed by atoms with Crippen molar-refractivity contribution < 1.29 is 14.3 Å². The maximum atomic E-state index is 11.7. The van der Waals surface area contributed by atoms with Gasteiger partial charge in [-0.05, 0) is 0 Å². The molecule has 1 aromatic heterocycles. The highest BCUT2D eigenvalue weighted by Crippen LogP contribution is 1.98. The van der Waals surface area contributed by atoms with Crippen molar-refractivity contribution in [1.82, 2.24) is 19.7 Å². The first-order valence-electron chi connectivity index (χ1n) is 5.67. The van der Waals surface area contributed by atoms with Gasteiger partial charge < -0.3 is 9.64 Å². The van der Waals surface area contributed by atoms with E-state index in [1.165, 1.54) is 23.0 Å². The van der Waals surface area contributed by atoms with E-state index in [1.807, 2.05) is 6.07 Å². The van der Waals surface area contributed by atoms with E-state index in [-0.39, 0.29) is 18.2 Å². The van der Waals surface area contributed by atoms with Gasteiger partial charge in [-0.3, -0.25) is 9.48 Å². The number of esters is 1. The summed E-state index contributed by atoms with van der Waals surface area (Å²) in [6, 6.07) is 1.98. The molecule has 0 atom stereocenters. The number of carbonyl (C=O) groups is 2. The number of hydrogen-bond acceptors (Lipinski definition) is 6. The summed E-state index contributed by atoms with van der Waals surface area (Å²) in [6.07, 6.45) is 1.90. The molecule has 0 aliphatic rings. The molecule has 1 heterocycles. The quantitative estimate of drug-likeness (QED) is 0.662.